The summed E-state index contributed by atoms with van der Waals surface area (Å²) in [6.45, 7) is 16.0. The van der Waals surface area contributed by atoms with Crippen LogP contribution in [0.15, 0.2) is 36.4 Å². The maximum absolute atomic E-state index is 5.04. The van der Waals surface area contributed by atoms with Gasteiger partial charge in [0, 0.05) is 43.9 Å². The van der Waals surface area contributed by atoms with Gasteiger partial charge in [-0.25, -0.2) is 9.97 Å². The molecule has 0 aliphatic carbocycles. The van der Waals surface area contributed by atoms with E-state index in [1.807, 2.05) is 30.4 Å². The second-order valence-electron chi connectivity index (χ2n) is 9.27. The van der Waals surface area contributed by atoms with Gasteiger partial charge in [-0.2, -0.15) is 0 Å². The second kappa shape index (κ2) is 10.6. The van der Waals surface area contributed by atoms with Crippen molar-refractivity contribution in [1.82, 2.24) is 14.9 Å². The molecule has 0 fully saturated rings. The van der Waals surface area contributed by atoms with Gasteiger partial charge in [-0.05, 0) is 49.5 Å². The minimum atomic E-state index is 0.738. The Kier molecular flexibility index (Phi) is 7.59. The Balaban J connectivity index is 1.42. The zero-order valence-corrected chi connectivity index (χ0v) is 20.6. The molecule has 2 aliphatic rings. The first-order chi connectivity index (χ1) is 15.6. The minimum Gasteiger partial charge on any atom is -0.351 e. The second-order valence-corrected chi connectivity index (χ2v) is 10.4. The molecule has 0 spiro atoms. The molecule has 0 aromatic carbocycles. The maximum Gasteiger partial charge on any atom is 0.129 e. The normalized spacial score (nSPS) is 17.5. The summed E-state index contributed by atoms with van der Waals surface area (Å²) in [6, 6.07) is 4.25. The van der Waals surface area contributed by atoms with Gasteiger partial charge in [-0.15, -0.1) is 11.3 Å². The SMILES string of the molecule is C=Cc1ccc(N2CCc3nc(CC4=CCCN(CC(C)C)CC4)sc3C2)nc1C=CC. The van der Waals surface area contributed by atoms with E-state index < -0.39 is 0 Å². The highest BCUT2D eigenvalue weighted by Crippen LogP contribution is 2.30. The van der Waals surface area contributed by atoms with Crippen molar-refractivity contribution in [2.24, 2.45) is 5.92 Å². The van der Waals surface area contributed by atoms with Crippen LogP contribution < -0.4 is 4.90 Å². The van der Waals surface area contributed by atoms with Crippen LogP contribution in [0.25, 0.3) is 12.2 Å². The molecule has 5 heteroatoms. The van der Waals surface area contributed by atoms with Crippen molar-refractivity contribution < 1.29 is 0 Å². The van der Waals surface area contributed by atoms with Crippen LogP contribution in [-0.2, 0) is 19.4 Å². The summed E-state index contributed by atoms with van der Waals surface area (Å²) in [7, 11) is 0. The zero-order chi connectivity index (χ0) is 22.5. The molecule has 0 saturated heterocycles. The summed E-state index contributed by atoms with van der Waals surface area (Å²) < 4.78 is 0. The number of hydrogen-bond donors (Lipinski definition) is 0. The minimum absolute atomic E-state index is 0.738. The predicted octanol–water partition coefficient (Wildman–Crippen LogP) is 6.00. The van der Waals surface area contributed by atoms with Crippen molar-refractivity contribution >= 4 is 29.3 Å². The van der Waals surface area contributed by atoms with Crippen molar-refractivity contribution in [3.8, 4) is 0 Å². The largest absolute Gasteiger partial charge is 0.351 e. The number of hydrogen-bond acceptors (Lipinski definition) is 5. The van der Waals surface area contributed by atoms with Gasteiger partial charge in [0.2, 0.25) is 0 Å². The van der Waals surface area contributed by atoms with E-state index in [9.17, 15) is 0 Å². The van der Waals surface area contributed by atoms with E-state index in [0.29, 0.717) is 0 Å². The highest BCUT2D eigenvalue weighted by molar-refractivity contribution is 7.11. The molecule has 4 nitrogen and oxygen atoms in total. The fourth-order valence-electron chi connectivity index (χ4n) is 4.66. The Morgan fingerprint density at radius 1 is 1.16 bits per heavy atom. The van der Waals surface area contributed by atoms with Gasteiger partial charge in [0.15, 0.2) is 0 Å². The molecular formula is C27H36N4S. The molecule has 4 rings (SSSR count). The molecule has 170 valence electrons. The van der Waals surface area contributed by atoms with Crippen LogP contribution in [0.5, 0.6) is 0 Å². The molecule has 0 N–H and O–H groups in total. The van der Waals surface area contributed by atoms with Crippen LogP contribution in [0.4, 0.5) is 5.82 Å². The Bertz CT molecular complexity index is 1000. The van der Waals surface area contributed by atoms with E-state index in [-0.39, 0.29) is 0 Å². The fourth-order valence-corrected chi connectivity index (χ4v) is 5.84. The Morgan fingerprint density at radius 3 is 2.81 bits per heavy atom. The van der Waals surface area contributed by atoms with Crippen LogP contribution in [-0.4, -0.2) is 41.0 Å². The molecule has 0 unspecified atom stereocenters. The monoisotopic (exact) mass is 448 g/mol. The van der Waals surface area contributed by atoms with Gasteiger partial charge in [-0.1, -0.05) is 44.2 Å². The molecule has 0 radical (unpaired) electrons. The molecule has 0 amide bonds. The molecular weight excluding hydrogens is 412 g/mol. The maximum atomic E-state index is 5.04. The third-order valence-corrected chi connectivity index (χ3v) is 7.30. The predicted molar refractivity (Wildman–Crippen MR) is 138 cm³/mol. The first-order valence-corrected chi connectivity index (χ1v) is 12.8. The first-order valence-electron chi connectivity index (χ1n) is 11.9. The van der Waals surface area contributed by atoms with Crippen LogP contribution in [0.1, 0.15) is 60.4 Å². The molecule has 2 aromatic rings. The number of rotatable bonds is 7. The summed E-state index contributed by atoms with van der Waals surface area (Å²) in [5, 5.41) is 1.28. The Morgan fingerprint density at radius 2 is 2.03 bits per heavy atom. The van der Waals surface area contributed by atoms with Gasteiger partial charge in [0.25, 0.3) is 0 Å². The quantitative estimate of drug-likeness (QED) is 0.487. The van der Waals surface area contributed by atoms with Gasteiger partial charge in [0.05, 0.1) is 22.9 Å². The van der Waals surface area contributed by atoms with Gasteiger partial charge >= 0.3 is 0 Å². The lowest BCUT2D eigenvalue weighted by Crippen LogP contribution is -2.30. The van der Waals surface area contributed by atoms with Crippen LogP contribution in [0, 0.1) is 5.92 Å². The third-order valence-electron chi connectivity index (χ3n) is 6.22. The molecule has 0 bridgehead atoms. The number of fused-ring (bicyclic) bond motifs is 1. The van der Waals surface area contributed by atoms with E-state index in [2.05, 4.69) is 54.5 Å². The Labute approximate surface area is 197 Å². The van der Waals surface area contributed by atoms with E-state index >= 15 is 0 Å². The highest BCUT2D eigenvalue weighted by atomic mass is 32.1. The summed E-state index contributed by atoms with van der Waals surface area (Å²) >= 11 is 1.90. The molecule has 2 aliphatic heterocycles. The van der Waals surface area contributed by atoms with Gasteiger partial charge in [-0.3, -0.25) is 0 Å². The van der Waals surface area contributed by atoms with Crippen molar-refractivity contribution in [2.45, 2.75) is 53.0 Å². The van der Waals surface area contributed by atoms with Gasteiger partial charge < -0.3 is 9.80 Å². The topological polar surface area (TPSA) is 32.3 Å². The lowest BCUT2D eigenvalue weighted by molar-refractivity contribution is 0.256. The molecule has 4 heterocycles. The average Bonchev–Trinajstić information content (AvgIpc) is 3.05. The van der Waals surface area contributed by atoms with E-state index in [0.717, 1.165) is 48.9 Å². The standard InChI is InChI=1S/C27H36N4S/c1-5-8-23-22(6-2)10-11-26(28-23)31-16-13-24-25(19-31)32-27(29-24)17-21-9-7-14-30(15-12-21)18-20(3)4/h5-6,8-11,20H,2,7,12-19H2,1,3-4H3. The van der Waals surface area contributed by atoms with Crippen LogP contribution in [0.2, 0.25) is 0 Å². The highest BCUT2D eigenvalue weighted by Gasteiger charge is 2.23. The summed E-state index contributed by atoms with van der Waals surface area (Å²) in [5.74, 6) is 1.78. The average molecular weight is 449 g/mol. The molecule has 0 atom stereocenters. The molecule has 2 aromatic heterocycles. The smallest absolute Gasteiger partial charge is 0.129 e. The van der Waals surface area contributed by atoms with Crippen LogP contribution >= 0.6 is 11.3 Å². The van der Waals surface area contributed by atoms with Crippen molar-refractivity contribution in [2.75, 3.05) is 31.1 Å². The number of pyridine rings is 1. The lowest BCUT2D eigenvalue weighted by Gasteiger charge is -2.27. The summed E-state index contributed by atoms with van der Waals surface area (Å²) in [6.07, 6.45) is 12.8. The third kappa shape index (κ3) is 5.57. The number of allylic oxidation sites excluding steroid dienone is 1. The Hall–Kier alpha value is -2.24. The summed E-state index contributed by atoms with van der Waals surface area (Å²) in [5.41, 5.74) is 4.93. The van der Waals surface area contributed by atoms with E-state index in [1.165, 1.54) is 48.1 Å². The van der Waals surface area contributed by atoms with Crippen molar-refractivity contribution in [1.29, 1.82) is 0 Å². The van der Waals surface area contributed by atoms with E-state index in [1.54, 1.807) is 5.57 Å². The van der Waals surface area contributed by atoms with Gasteiger partial charge in [0.1, 0.15) is 5.82 Å². The lowest BCUT2D eigenvalue weighted by atomic mass is 10.1. The number of anilines is 1. The number of nitrogens with zero attached hydrogens (tertiary/aromatic N) is 4. The van der Waals surface area contributed by atoms with E-state index in [4.69, 9.17) is 9.97 Å². The number of thiazole rings is 1. The fraction of sp³-hybridized carbons (Fsp3) is 0.481. The summed E-state index contributed by atoms with van der Waals surface area (Å²) in [4.78, 5) is 16.4. The first kappa shape index (κ1) is 22.9. The van der Waals surface area contributed by atoms with Crippen LogP contribution in [0.3, 0.4) is 0 Å². The molecule has 32 heavy (non-hydrogen) atoms. The number of aromatic nitrogens is 2. The zero-order valence-electron chi connectivity index (χ0n) is 19.8. The molecule has 0 saturated carbocycles. The van der Waals surface area contributed by atoms with Crippen molar-refractivity contribution in [3.05, 3.63) is 63.3 Å². The van der Waals surface area contributed by atoms with Crippen molar-refractivity contribution in [3.63, 3.8) is 0 Å².